The van der Waals surface area contributed by atoms with Crippen molar-refractivity contribution in [3.05, 3.63) is 76.8 Å². The summed E-state index contributed by atoms with van der Waals surface area (Å²) >= 11 is 6.20. The number of carbonyl (C=O) groups is 1. The lowest BCUT2D eigenvalue weighted by Crippen LogP contribution is -2.03. The number of benzene rings is 3. The third-order valence-electron chi connectivity index (χ3n) is 4.85. The quantitative estimate of drug-likeness (QED) is 0.418. The van der Waals surface area contributed by atoms with Gasteiger partial charge in [0, 0.05) is 16.0 Å². The zero-order valence-corrected chi connectivity index (χ0v) is 18.2. The fourth-order valence-electron chi connectivity index (χ4n) is 3.34. The number of hydrogen-bond donors (Lipinski definition) is 1. The largest absolute Gasteiger partial charge is 0.493 e. The molecule has 2 N–H and O–H groups in total. The number of halogens is 1. The van der Waals surface area contributed by atoms with Gasteiger partial charge in [-0.2, -0.15) is 0 Å². The smallest absolute Gasteiger partial charge is 0.337 e. The Balaban J connectivity index is 1.70. The number of rotatable bonds is 6. The fraction of sp³-hybridized carbons (Fsp3) is 0.125. The second kappa shape index (κ2) is 9.11. The van der Waals surface area contributed by atoms with Gasteiger partial charge in [0.15, 0.2) is 11.5 Å². The van der Waals surface area contributed by atoms with Crippen molar-refractivity contribution in [3.63, 3.8) is 0 Å². The molecular weight excluding hydrogens is 430 g/mol. The molecule has 4 rings (SSSR count). The third kappa shape index (κ3) is 4.43. The summed E-state index contributed by atoms with van der Waals surface area (Å²) in [5.41, 5.74) is 9.29. The van der Waals surface area contributed by atoms with Crippen LogP contribution in [0.2, 0.25) is 5.02 Å². The predicted octanol–water partition coefficient (Wildman–Crippen LogP) is 4.91. The molecule has 0 saturated heterocycles. The lowest BCUT2D eigenvalue weighted by molar-refractivity contribution is 0.0600. The molecule has 0 amide bonds. The van der Waals surface area contributed by atoms with Gasteiger partial charge in [0.25, 0.3) is 0 Å². The summed E-state index contributed by atoms with van der Waals surface area (Å²) in [6.45, 7) is 0.225. The van der Waals surface area contributed by atoms with E-state index in [0.29, 0.717) is 33.3 Å². The fourth-order valence-corrected chi connectivity index (χ4v) is 3.51. The van der Waals surface area contributed by atoms with Crippen LogP contribution in [0.15, 0.2) is 60.7 Å². The van der Waals surface area contributed by atoms with Crippen LogP contribution in [0.25, 0.3) is 22.2 Å². The van der Waals surface area contributed by atoms with Crippen molar-refractivity contribution >= 4 is 34.4 Å². The SMILES string of the molecule is COC(=O)c1cccc(COc2cc(-c3nc(N)nc4ccc(Cl)cc34)ccc2OC)c1. The number of nitrogen functional groups attached to an aromatic ring is 1. The maximum absolute atomic E-state index is 11.8. The molecule has 0 atom stereocenters. The Morgan fingerprint density at radius 1 is 1.00 bits per heavy atom. The Hall–Kier alpha value is -3.84. The van der Waals surface area contributed by atoms with E-state index in [2.05, 4.69) is 9.97 Å². The molecule has 4 aromatic rings. The maximum Gasteiger partial charge on any atom is 0.337 e. The molecule has 1 aromatic heterocycles. The molecule has 7 nitrogen and oxygen atoms in total. The number of anilines is 1. The minimum Gasteiger partial charge on any atom is -0.493 e. The van der Waals surface area contributed by atoms with Gasteiger partial charge >= 0.3 is 5.97 Å². The number of nitrogens with two attached hydrogens (primary N) is 1. The van der Waals surface area contributed by atoms with Crippen molar-refractivity contribution in [2.45, 2.75) is 6.61 Å². The van der Waals surface area contributed by atoms with Crippen LogP contribution in [0.1, 0.15) is 15.9 Å². The second-order valence-electron chi connectivity index (χ2n) is 6.94. The molecular formula is C24H20ClN3O4. The first-order valence-electron chi connectivity index (χ1n) is 9.69. The van der Waals surface area contributed by atoms with Crippen LogP contribution in [0.5, 0.6) is 11.5 Å². The van der Waals surface area contributed by atoms with Gasteiger partial charge in [0.05, 0.1) is 31.0 Å². The minimum absolute atomic E-state index is 0.160. The molecule has 0 spiro atoms. The van der Waals surface area contributed by atoms with Gasteiger partial charge in [0.1, 0.15) is 6.61 Å². The predicted molar refractivity (Wildman–Crippen MR) is 123 cm³/mol. The van der Waals surface area contributed by atoms with Gasteiger partial charge in [-0.3, -0.25) is 0 Å². The highest BCUT2D eigenvalue weighted by molar-refractivity contribution is 6.31. The Morgan fingerprint density at radius 3 is 2.62 bits per heavy atom. The van der Waals surface area contributed by atoms with Crippen molar-refractivity contribution in [2.75, 3.05) is 20.0 Å². The van der Waals surface area contributed by atoms with Gasteiger partial charge in [-0.15, -0.1) is 0 Å². The van der Waals surface area contributed by atoms with E-state index < -0.39 is 5.97 Å². The van der Waals surface area contributed by atoms with Gasteiger partial charge < -0.3 is 19.9 Å². The summed E-state index contributed by atoms with van der Waals surface area (Å²) in [5.74, 6) is 0.828. The van der Waals surface area contributed by atoms with Crippen LogP contribution in [-0.4, -0.2) is 30.2 Å². The zero-order chi connectivity index (χ0) is 22.7. The number of carbonyl (C=O) groups excluding carboxylic acids is 1. The van der Waals surface area contributed by atoms with E-state index in [1.807, 2.05) is 18.2 Å². The van der Waals surface area contributed by atoms with E-state index >= 15 is 0 Å². The average Bonchev–Trinajstić information content (AvgIpc) is 2.82. The lowest BCUT2D eigenvalue weighted by Gasteiger charge is -2.14. The highest BCUT2D eigenvalue weighted by Gasteiger charge is 2.14. The maximum atomic E-state index is 11.8. The standard InChI is InChI=1S/C24H20ClN3O4/c1-30-20-9-6-15(22-18-12-17(25)7-8-19(18)27-24(26)28-22)11-21(20)32-13-14-4-3-5-16(10-14)23(29)31-2/h3-12H,13H2,1-2H3,(H2,26,27,28). The molecule has 162 valence electrons. The molecule has 0 bridgehead atoms. The summed E-state index contributed by atoms with van der Waals surface area (Å²) in [6, 6.07) is 17.9. The molecule has 8 heteroatoms. The number of methoxy groups -OCH3 is 2. The van der Waals surface area contributed by atoms with E-state index in [4.69, 9.17) is 31.5 Å². The van der Waals surface area contributed by atoms with Gasteiger partial charge in [-0.05, 0) is 54.1 Å². The molecule has 32 heavy (non-hydrogen) atoms. The molecule has 3 aromatic carbocycles. The molecule has 1 heterocycles. The molecule has 0 fully saturated rings. The van der Waals surface area contributed by atoms with Crippen LogP contribution in [0, 0.1) is 0 Å². The molecule has 0 aliphatic rings. The van der Waals surface area contributed by atoms with Gasteiger partial charge in [0.2, 0.25) is 5.95 Å². The first kappa shape index (κ1) is 21.4. The number of ether oxygens (including phenoxy) is 3. The Labute approximate surface area is 189 Å². The minimum atomic E-state index is -0.404. The second-order valence-corrected chi connectivity index (χ2v) is 7.37. The summed E-state index contributed by atoms with van der Waals surface area (Å²) in [7, 11) is 2.91. The van der Waals surface area contributed by atoms with Gasteiger partial charge in [-0.25, -0.2) is 14.8 Å². The molecule has 0 radical (unpaired) electrons. The highest BCUT2D eigenvalue weighted by atomic mass is 35.5. The highest BCUT2D eigenvalue weighted by Crippen LogP contribution is 2.35. The summed E-state index contributed by atoms with van der Waals surface area (Å²) in [5, 5.41) is 1.34. The van der Waals surface area contributed by atoms with Gasteiger partial charge in [-0.1, -0.05) is 23.7 Å². The molecule has 0 aliphatic carbocycles. The van der Waals surface area contributed by atoms with Crippen molar-refractivity contribution < 1.29 is 19.0 Å². The Bertz CT molecular complexity index is 1310. The van der Waals surface area contributed by atoms with Crippen LogP contribution in [0.3, 0.4) is 0 Å². The number of aromatic nitrogens is 2. The number of nitrogens with zero attached hydrogens (tertiary/aromatic N) is 2. The first-order valence-corrected chi connectivity index (χ1v) is 10.1. The van der Waals surface area contributed by atoms with Crippen LogP contribution in [-0.2, 0) is 11.3 Å². The normalized spacial score (nSPS) is 10.7. The summed E-state index contributed by atoms with van der Waals surface area (Å²) in [4.78, 5) is 20.5. The third-order valence-corrected chi connectivity index (χ3v) is 5.09. The molecule has 0 aliphatic heterocycles. The topological polar surface area (TPSA) is 96.6 Å². The van der Waals surface area contributed by atoms with E-state index in [-0.39, 0.29) is 12.6 Å². The van der Waals surface area contributed by atoms with Crippen molar-refractivity contribution in [1.82, 2.24) is 9.97 Å². The van der Waals surface area contributed by atoms with Crippen molar-refractivity contribution in [2.24, 2.45) is 0 Å². The van der Waals surface area contributed by atoms with E-state index in [1.54, 1.807) is 49.6 Å². The zero-order valence-electron chi connectivity index (χ0n) is 17.5. The number of esters is 1. The Morgan fingerprint density at radius 2 is 1.84 bits per heavy atom. The number of fused-ring (bicyclic) bond motifs is 1. The monoisotopic (exact) mass is 449 g/mol. The average molecular weight is 450 g/mol. The van der Waals surface area contributed by atoms with Crippen LogP contribution in [0.4, 0.5) is 5.95 Å². The van der Waals surface area contributed by atoms with E-state index in [0.717, 1.165) is 16.5 Å². The first-order chi connectivity index (χ1) is 15.5. The number of hydrogen-bond acceptors (Lipinski definition) is 7. The Kier molecular flexibility index (Phi) is 6.09. The van der Waals surface area contributed by atoms with Crippen LogP contribution < -0.4 is 15.2 Å². The van der Waals surface area contributed by atoms with Crippen molar-refractivity contribution in [3.8, 4) is 22.8 Å². The van der Waals surface area contributed by atoms with E-state index in [9.17, 15) is 4.79 Å². The molecule has 0 saturated carbocycles. The summed E-state index contributed by atoms with van der Waals surface area (Å²) in [6.07, 6.45) is 0. The van der Waals surface area contributed by atoms with E-state index in [1.165, 1.54) is 7.11 Å². The lowest BCUT2D eigenvalue weighted by atomic mass is 10.1. The summed E-state index contributed by atoms with van der Waals surface area (Å²) < 4.78 is 16.3. The van der Waals surface area contributed by atoms with Crippen LogP contribution >= 0.6 is 11.6 Å². The van der Waals surface area contributed by atoms with Crippen molar-refractivity contribution in [1.29, 1.82) is 0 Å². The molecule has 0 unspecified atom stereocenters.